The zero-order valence-electron chi connectivity index (χ0n) is 2.24. The van der Waals surface area contributed by atoms with Crippen LogP contribution in [0.4, 0.5) is 0 Å². The number of hydrogen-bond donors (Lipinski definition) is 0. The van der Waals surface area contributed by atoms with E-state index in [9.17, 15) is 0 Å². The van der Waals surface area contributed by atoms with Crippen LogP contribution in [0.5, 0.6) is 0 Å². The van der Waals surface area contributed by atoms with Crippen molar-refractivity contribution in [2.24, 2.45) is 0 Å². The first-order valence-electron chi connectivity index (χ1n) is 0. The van der Waals surface area contributed by atoms with Crippen molar-refractivity contribution in [3.8, 4) is 0 Å². The van der Waals surface area contributed by atoms with E-state index < -0.39 is 0 Å². The molecule has 0 saturated heterocycles. The largest absolute Gasteiger partial charge is 2.00 e. The van der Waals surface area contributed by atoms with Crippen LogP contribution in [0.25, 0.3) is 0 Å². The van der Waals surface area contributed by atoms with Crippen LogP contribution in [-0.4, -0.2) is 81.0 Å². The summed E-state index contributed by atoms with van der Waals surface area (Å²) >= 11 is 0. The third kappa shape index (κ3) is 8.83. The molecule has 0 atom stereocenters. The van der Waals surface area contributed by atoms with Gasteiger partial charge in [-0.1, -0.05) is 0 Å². The molecular formula is HCa2FO+2. The van der Waals surface area contributed by atoms with Gasteiger partial charge in [0, 0.05) is 0 Å². The minimum absolute atomic E-state index is 0. The molecule has 0 rings (SSSR count). The molecule has 4 heavy (non-hydrogen) atoms. The molecule has 0 aliphatic heterocycles. The van der Waals surface area contributed by atoms with E-state index in [1.807, 2.05) is 0 Å². The minimum Gasteiger partial charge on any atom is -1.00 e. The van der Waals surface area contributed by atoms with E-state index in [4.69, 9.17) is 0 Å². The Balaban J connectivity index is 0. The van der Waals surface area contributed by atoms with Crippen LogP contribution in [0.3, 0.4) is 0 Å². The van der Waals surface area contributed by atoms with Gasteiger partial charge in [0.25, 0.3) is 0 Å². The molecule has 0 aliphatic carbocycles. The van der Waals surface area contributed by atoms with Gasteiger partial charge in [0.1, 0.15) is 0 Å². The fraction of sp³-hybridized carbons (Fsp3) is 0. The van der Waals surface area contributed by atoms with Crippen molar-refractivity contribution in [1.82, 2.24) is 0 Å². The van der Waals surface area contributed by atoms with Gasteiger partial charge >= 0.3 is 75.5 Å². The van der Waals surface area contributed by atoms with Gasteiger partial charge in [0.2, 0.25) is 0 Å². The van der Waals surface area contributed by atoms with Gasteiger partial charge in [-0.05, 0) is 0 Å². The molecule has 1 N–H and O–H groups in total. The molecule has 0 bridgehead atoms. The maximum absolute atomic E-state index is 0. The fourth-order valence-corrected chi connectivity index (χ4v) is 0. The van der Waals surface area contributed by atoms with Crippen molar-refractivity contribution in [1.29, 1.82) is 0 Å². The molecule has 0 aromatic rings. The fourth-order valence-electron chi connectivity index (χ4n) is 0. The Morgan fingerprint density at radius 1 is 0.750 bits per heavy atom. The molecule has 0 heterocycles. The van der Waals surface area contributed by atoms with Crippen LogP contribution in [0.2, 0.25) is 0 Å². The van der Waals surface area contributed by atoms with Gasteiger partial charge in [0.05, 0.1) is 0 Å². The first-order chi connectivity index (χ1) is 0. The number of hydrogen-bond acceptors (Lipinski definition) is 1. The topological polar surface area (TPSA) is 30.0 Å². The van der Waals surface area contributed by atoms with E-state index >= 15 is 0 Å². The zero-order valence-corrected chi connectivity index (χ0v) is 6.66. The summed E-state index contributed by atoms with van der Waals surface area (Å²) in [5, 5.41) is 0. The van der Waals surface area contributed by atoms with E-state index in [2.05, 4.69) is 0 Å². The van der Waals surface area contributed by atoms with E-state index in [1.54, 1.807) is 0 Å². The Hall–Kier alpha value is 2.41. The summed E-state index contributed by atoms with van der Waals surface area (Å²) in [6.07, 6.45) is 0. The normalized spacial score (nSPS) is 0. The SMILES string of the molecule is [Ca+2].[Ca+2].[F-].[OH-]. The summed E-state index contributed by atoms with van der Waals surface area (Å²) in [4.78, 5) is 0. The second kappa shape index (κ2) is 18.1. The molecule has 0 radical (unpaired) electrons. The van der Waals surface area contributed by atoms with Crippen LogP contribution in [-0.2, 0) is 0 Å². The van der Waals surface area contributed by atoms with Gasteiger partial charge in [-0.3, -0.25) is 0 Å². The molecule has 0 fully saturated rings. The van der Waals surface area contributed by atoms with Gasteiger partial charge < -0.3 is 10.2 Å². The standard InChI is InChI=1S/2Ca.FH.H2O/h;;1H;1H2/q2*+2;;/p-2. The maximum atomic E-state index is 0. The molecule has 0 spiro atoms. The molecule has 1 nitrogen and oxygen atoms in total. The molecule has 0 aromatic heterocycles. The smallest absolute Gasteiger partial charge is 1.00 e. The summed E-state index contributed by atoms with van der Waals surface area (Å²) in [6, 6.07) is 0. The summed E-state index contributed by atoms with van der Waals surface area (Å²) in [7, 11) is 0. The first kappa shape index (κ1) is 32.3. The summed E-state index contributed by atoms with van der Waals surface area (Å²) in [5.41, 5.74) is 0. The second-order valence-corrected chi connectivity index (χ2v) is 0. The van der Waals surface area contributed by atoms with Crippen LogP contribution in [0, 0.1) is 0 Å². The average molecular weight is 116 g/mol. The predicted molar refractivity (Wildman–Crippen MR) is 13.4 cm³/mol. The molecule has 4 heteroatoms. The Morgan fingerprint density at radius 2 is 0.750 bits per heavy atom. The van der Waals surface area contributed by atoms with Gasteiger partial charge in [-0.25, -0.2) is 0 Å². The van der Waals surface area contributed by atoms with Gasteiger partial charge in [-0.15, -0.1) is 0 Å². The molecule has 0 amide bonds. The molecule has 0 aromatic carbocycles. The van der Waals surface area contributed by atoms with E-state index in [0.717, 1.165) is 0 Å². The van der Waals surface area contributed by atoms with Crippen LogP contribution >= 0.6 is 0 Å². The summed E-state index contributed by atoms with van der Waals surface area (Å²) in [5.74, 6) is 0. The minimum atomic E-state index is 0. The molecule has 0 aliphatic rings. The first-order valence-corrected chi connectivity index (χ1v) is 0. The monoisotopic (exact) mass is 116 g/mol. The van der Waals surface area contributed by atoms with Crippen molar-refractivity contribution in [3.05, 3.63) is 0 Å². The van der Waals surface area contributed by atoms with E-state index in [0.29, 0.717) is 0 Å². The van der Waals surface area contributed by atoms with Crippen molar-refractivity contribution in [2.45, 2.75) is 0 Å². The summed E-state index contributed by atoms with van der Waals surface area (Å²) < 4.78 is 0. The molecule has 0 unspecified atom stereocenters. The Morgan fingerprint density at radius 3 is 0.750 bits per heavy atom. The third-order valence-corrected chi connectivity index (χ3v) is 0. The van der Waals surface area contributed by atoms with Crippen LogP contribution < -0.4 is 4.70 Å². The van der Waals surface area contributed by atoms with Gasteiger partial charge in [0.15, 0.2) is 0 Å². The third-order valence-electron chi connectivity index (χ3n) is 0. The number of halogens is 1. The predicted octanol–water partition coefficient (Wildman–Crippen LogP) is -3.93. The van der Waals surface area contributed by atoms with Crippen molar-refractivity contribution in [3.63, 3.8) is 0 Å². The van der Waals surface area contributed by atoms with Crippen molar-refractivity contribution >= 4 is 75.5 Å². The van der Waals surface area contributed by atoms with Gasteiger partial charge in [-0.2, -0.15) is 0 Å². The number of rotatable bonds is 0. The van der Waals surface area contributed by atoms with Crippen molar-refractivity contribution in [2.75, 3.05) is 0 Å². The van der Waals surface area contributed by atoms with E-state index in [1.165, 1.54) is 0 Å². The van der Waals surface area contributed by atoms with E-state index in [-0.39, 0.29) is 85.7 Å². The molecular weight excluding hydrogens is 115 g/mol. The zero-order chi connectivity index (χ0) is 0. The molecule has 16 valence electrons. The summed E-state index contributed by atoms with van der Waals surface area (Å²) in [6.45, 7) is 0. The second-order valence-electron chi connectivity index (χ2n) is 0. The van der Waals surface area contributed by atoms with Crippen molar-refractivity contribution < 1.29 is 10.2 Å². The van der Waals surface area contributed by atoms with Crippen LogP contribution in [0.1, 0.15) is 0 Å². The van der Waals surface area contributed by atoms with Crippen LogP contribution in [0.15, 0.2) is 0 Å². The maximum Gasteiger partial charge on any atom is 2.00 e. The quantitative estimate of drug-likeness (QED) is 0.297. The Kier molecular flexibility index (Phi) is 146. The Labute approximate surface area is 83.8 Å². The Bertz CT molecular complexity index is 6.00. The molecule has 0 saturated carbocycles. The average Bonchev–Trinajstić information content (AvgIpc) is 0.